The van der Waals surface area contributed by atoms with Gasteiger partial charge in [-0.3, -0.25) is 19.6 Å². The van der Waals surface area contributed by atoms with Gasteiger partial charge in [0.25, 0.3) is 15.7 Å². The van der Waals surface area contributed by atoms with Gasteiger partial charge in [-0.1, -0.05) is 23.2 Å². The fraction of sp³-hybridized carbons (Fsp3) is 0.0714. The summed E-state index contributed by atoms with van der Waals surface area (Å²) in [5.74, 6) is -0.341. The maximum atomic E-state index is 12.4. The minimum absolute atomic E-state index is 0.0355. The Bertz CT molecular complexity index is 963. The van der Waals surface area contributed by atoms with Crippen molar-refractivity contribution < 1.29 is 18.1 Å². The van der Waals surface area contributed by atoms with Gasteiger partial charge in [0.2, 0.25) is 5.91 Å². The highest BCUT2D eigenvalue weighted by Gasteiger charge is 2.26. The van der Waals surface area contributed by atoms with E-state index in [9.17, 15) is 23.3 Å². The molecule has 11 heteroatoms. The third kappa shape index (κ3) is 4.59. The predicted molar refractivity (Wildman–Crippen MR) is 94.7 cm³/mol. The second kappa shape index (κ2) is 7.26. The molecule has 0 bridgehead atoms. The average molecular weight is 404 g/mol. The molecule has 0 saturated heterocycles. The van der Waals surface area contributed by atoms with Crippen LogP contribution < -0.4 is 10.0 Å². The Morgan fingerprint density at radius 1 is 1.16 bits per heavy atom. The van der Waals surface area contributed by atoms with Crippen LogP contribution in [0.1, 0.15) is 6.92 Å². The zero-order chi connectivity index (χ0) is 18.8. The second-order valence-corrected chi connectivity index (χ2v) is 7.34. The molecule has 0 aliphatic heterocycles. The summed E-state index contributed by atoms with van der Waals surface area (Å²) < 4.78 is 27.1. The number of carbonyl (C=O) groups excluding carboxylic acids is 1. The molecule has 0 unspecified atom stereocenters. The molecule has 1 amide bonds. The van der Waals surface area contributed by atoms with Gasteiger partial charge in [0.05, 0.1) is 21.3 Å². The van der Waals surface area contributed by atoms with Gasteiger partial charge in [-0.2, -0.15) is 0 Å². The van der Waals surface area contributed by atoms with Crippen LogP contribution in [0.3, 0.4) is 0 Å². The highest BCUT2D eigenvalue weighted by molar-refractivity contribution is 7.92. The highest BCUT2D eigenvalue weighted by atomic mass is 35.5. The van der Waals surface area contributed by atoms with Gasteiger partial charge in [0.1, 0.15) is 0 Å². The lowest BCUT2D eigenvalue weighted by Gasteiger charge is -2.11. The summed E-state index contributed by atoms with van der Waals surface area (Å²) in [5, 5.41) is 13.7. The van der Waals surface area contributed by atoms with Gasteiger partial charge in [-0.15, -0.1) is 0 Å². The number of nitrogens with zero attached hydrogens (tertiary/aromatic N) is 1. The number of nitro benzene ring substituents is 1. The molecule has 0 aromatic heterocycles. The summed E-state index contributed by atoms with van der Waals surface area (Å²) in [7, 11) is -4.25. The average Bonchev–Trinajstić information content (AvgIpc) is 2.49. The molecule has 2 N–H and O–H groups in total. The Morgan fingerprint density at radius 2 is 1.84 bits per heavy atom. The highest BCUT2D eigenvalue weighted by Crippen LogP contribution is 2.30. The zero-order valence-electron chi connectivity index (χ0n) is 12.6. The van der Waals surface area contributed by atoms with Crippen molar-refractivity contribution in [3.05, 3.63) is 56.6 Å². The molecule has 2 aromatic carbocycles. The Morgan fingerprint density at radius 3 is 2.40 bits per heavy atom. The van der Waals surface area contributed by atoms with Gasteiger partial charge in [-0.25, -0.2) is 8.42 Å². The smallest absolute Gasteiger partial charge is 0.291 e. The summed E-state index contributed by atoms with van der Waals surface area (Å²) in [6.07, 6.45) is 0. The van der Waals surface area contributed by atoms with Crippen LogP contribution in [0, 0.1) is 10.1 Å². The van der Waals surface area contributed by atoms with E-state index in [0.29, 0.717) is 5.69 Å². The molecule has 0 spiro atoms. The van der Waals surface area contributed by atoms with E-state index in [4.69, 9.17) is 23.2 Å². The van der Waals surface area contributed by atoms with Crippen LogP contribution in [0.15, 0.2) is 41.3 Å². The molecule has 0 saturated carbocycles. The van der Waals surface area contributed by atoms with Crippen LogP contribution in [-0.2, 0) is 14.8 Å². The van der Waals surface area contributed by atoms with Crippen molar-refractivity contribution in [2.75, 3.05) is 10.0 Å². The lowest BCUT2D eigenvalue weighted by Crippen LogP contribution is -2.15. The van der Waals surface area contributed by atoms with E-state index in [1.54, 1.807) is 0 Å². The number of halogens is 2. The SMILES string of the molecule is CC(=O)Nc1ccc(NS(=O)(=O)c2ccc(Cl)cc2[N+](=O)[O-])cc1Cl. The van der Waals surface area contributed by atoms with E-state index >= 15 is 0 Å². The zero-order valence-corrected chi connectivity index (χ0v) is 14.9. The number of carbonyl (C=O) groups is 1. The number of hydrogen-bond acceptors (Lipinski definition) is 5. The van der Waals surface area contributed by atoms with Crippen LogP contribution in [0.25, 0.3) is 0 Å². The van der Waals surface area contributed by atoms with Crippen molar-refractivity contribution in [1.82, 2.24) is 0 Å². The number of nitrogens with one attached hydrogen (secondary N) is 2. The topological polar surface area (TPSA) is 118 Å². The quantitative estimate of drug-likeness (QED) is 0.582. The molecule has 2 rings (SSSR count). The molecule has 0 heterocycles. The van der Waals surface area contributed by atoms with Crippen molar-refractivity contribution in [1.29, 1.82) is 0 Å². The van der Waals surface area contributed by atoms with Gasteiger partial charge in [0.15, 0.2) is 4.90 Å². The largest absolute Gasteiger partial charge is 0.325 e. The van der Waals surface area contributed by atoms with Crippen LogP contribution in [-0.4, -0.2) is 19.2 Å². The summed E-state index contributed by atoms with van der Waals surface area (Å²) in [6.45, 7) is 1.30. The van der Waals surface area contributed by atoms with E-state index in [1.807, 2.05) is 0 Å². The lowest BCUT2D eigenvalue weighted by molar-refractivity contribution is -0.387. The number of sulfonamides is 1. The van der Waals surface area contributed by atoms with Crippen LogP contribution in [0.5, 0.6) is 0 Å². The van der Waals surface area contributed by atoms with Gasteiger partial charge < -0.3 is 5.32 Å². The maximum absolute atomic E-state index is 12.4. The molecule has 0 fully saturated rings. The van der Waals surface area contributed by atoms with E-state index in [0.717, 1.165) is 12.1 Å². The monoisotopic (exact) mass is 403 g/mol. The van der Waals surface area contributed by atoms with Crippen molar-refractivity contribution >= 4 is 56.2 Å². The first kappa shape index (κ1) is 19.0. The van der Waals surface area contributed by atoms with Gasteiger partial charge in [-0.05, 0) is 30.3 Å². The third-order valence-electron chi connectivity index (χ3n) is 2.94. The molecular weight excluding hydrogens is 393 g/mol. The number of anilines is 2. The van der Waals surface area contributed by atoms with Crippen molar-refractivity contribution in [3.63, 3.8) is 0 Å². The Kier molecular flexibility index (Phi) is 5.51. The molecule has 8 nitrogen and oxygen atoms in total. The first-order valence-corrected chi connectivity index (χ1v) is 8.88. The van der Waals surface area contributed by atoms with E-state index in [2.05, 4.69) is 10.0 Å². The number of hydrogen-bond donors (Lipinski definition) is 2. The van der Waals surface area contributed by atoms with E-state index < -0.39 is 25.5 Å². The summed E-state index contributed by atoms with van der Waals surface area (Å²) in [6, 6.07) is 7.25. The molecular formula is C14H11Cl2N3O5S. The fourth-order valence-electron chi connectivity index (χ4n) is 1.94. The summed E-state index contributed by atoms with van der Waals surface area (Å²) in [4.78, 5) is 20.7. The van der Waals surface area contributed by atoms with Crippen LogP contribution >= 0.6 is 23.2 Å². The molecule has 0 atom stereocenters. The van der Waals surface area contributed by atoms with Gasteiger partial charge in [0, 0.05) is 18.0 Å². The Balaban J connectivity index is 2.38. The second-order valence-electron chi connectivity index (χ2n) is 4.85. The van der Waals surface area contributed by atoms with Crippen LogP contribution in [0.2, 0.25) is 10.0 Å². The molecule has 2 aromatic rings. The van der Waals surface area contributed by atoms with Gasteiger partial charge >= 0.3 is 0 Å². The Labute approximate surface area is 152 Å². The fourth-order valence-corrected chi connectivity index (χ4v) is 3.54. The predicted octanol–water partition coefficient (Wildman–Crippen LogP) is 3.66. The third-order valence-corrected chi connectivity index (χ3v) is 4.92. The molecule has 25 heavy (non-hydrogen) atoms. The number of amides is 1. The van der Waals surface area contributed by atoms with Crippen LogP contribution in [0.4, 0.5) is 17.1 Å². The normalized spacial score (nSPS) is 11.0. The lowest BCUT2D eigenvalue weighted by atomic mass is 10.3. The first-order chi connectivity index (χ1) is 11.6. The van der Waals surface area contributed by atoms with Crippen molar-refractivity contribution in [2.24, 2.45) is 0 Å². The summed E-state index contributed by atoms with van der Waals surface area (Å²) >= 11 is 11.7. The standard InChI is InChI=1S/C14H11Cl2N3O5S/c1-8(20)17-12-4-3-10(7-11(12)16)18-25(23,24)14-5-2-9(15)6-13(14)19(21)22/h2-7,18H,1H3,(H,17,20). The van der Waals surface area contributed by atoms with Crippen molar-refractivity contribution in [2.45, 2.75) is 11.8 Å². The maximum Gasteiger partial charge on any atom is 0.291 e. The first-order valence-electron chi connectivity index (χ1n) is 6.64. The minimum Gasteiger partial charge on any atom is -0.325 e. The van der Waals surface area contributed by atoms with E-state index in [1.165, 1.54) is 31.2 Å². The molecule has 0 aliphatic carbocycles. The summed E-state index contributed by atoms with van der Waals surface area (Å²) in [5.41, 5.74) is -0.279. The van der Waals surface area contributed by atoms with Crippen molar-refractivity contribution in [3.8, 4) is 0 Å². The number of nitro groups is 1. The number of rotatable bonds is 5. The Hall–Kier alpha value is -2.36. The molecule has 132 valence electrons. The number of benzene rings is 2. The van der Waals surface area contributed by atoms with E-state index in [-0.39, 0.29) is 21.6 Å². The molecule has 0 radical (unpaired) electrons. The minimum atomic E-state index is -4.25. The molecule has 0 aliphatic rings.